The van der Waals surface area contributed by atoms with Crippen molar-refractivity contribution >= 4 is 11.8 Å². The third-order valence-corrected chi connectivity index (χ3v) is 5.44. The van der Waals surface area contributed by atoms with Crippen LogP contribution in [0.3, 0.4) is 0 Å². The van der Waals surface area contributed by atoms with Crippen LogP contribution in [0.1, 0.15) is 28.4 Å². The highest BCUT2D eigenvalue weighted by atomic mass is 16.7. The van der Waals surface area contributed by atoms with Crippen LogP contribution >= 0.6 is 0 Å². The van der Waals surface area contributed by atoms with Crippen LogP contribution in [0.4, 0.5) is 0 Å². The molecule has 0 bridgehead atoms. The largest absolute Gasteiger partial charge is 0.508 e. The quantitative estimate of drug-likeness (QED) is 0.294. The molecule has 176 valence electrons. The predicted octanol–water partition coefficient (Wildman–Crippen LogP) is -0.219. The Bertz CT molecular complexity index is 1080. The average Bonchev–Trinajstić information content (AvgIpc) is 2.77. The molecule has 0 saturated carbocycles. The molecule has 1 fully saturated rings. The standard InChI is InChI=1S/C21H20O12/c22-8-3-1-7(2-4-8)10-5-9(23)13-11(31-10)6-12(14(24)15(13)25)32-21-18(28)16(26)17(27)19(33-21)20(29)30/h1-4,6,10,16-19,21-22,24-28H,5H2,(H,29,30)/t10-,16-,17-,18+,19-,21+/m0/s1. The SMILES string of the molecule is O=C1C[C@@H](c2ccc(O)cc2)Oc2cc(O[C@@H]3O[C@H](C(=O)O)[C@@H](O)[C@H](O)[C@H]3O)c(O)c(O)c21. The van der Waals surface area contributed by atoms with Gasteiger partial charge >= 0.3 is 5.97 Å². The third kappa shape index (κ3) is 4.00. The number of rotatable bonds is 4. The number of hydrogen-bond acceptors (Lipinski definition) is 11. The molecule has 2 aromatic carbocycles. The fourth-order valence-electron chi connectivity index (χ4n) is 3.68. The Labute approximate surface area is 185 Å². The Morgan fingerprint density at radius 3 is 2.27 bits per heavy atom. The Morgan fingerprint density at radius 1 is 0.970 bits per heavy atom. The number of ether oxygens (including phenoxy) is 3. The van der Waals surface area contributed by atoms with E-state index in [0.717, 1.165) is 6.07 Å². The first kappa shape index (κ1) is 22.6. The van der Waals surface area contributed by atoms with Gasteiger partial charge in [-0.05, 0) is 17.7 Å². The lowest BCUT2D eigenvalue weighted by molar-refractivity contribution is -0.271. The van der Waals surface area contributed by atoms with E-state index in [0.29, 0.717) is 5.56 Å². The molecule has 0 aromatic heterocycles. The van der Waals surface area contributed by atoms with E-state index in [4.69, 9.17) is 19.3 Å². The Morgan fingerprint density at radius 2 is 1.64 bits per heavy atom. The van der Waals surface area contributed by atoms with Crippen molar-refractivity contribution in [2.24, 2.45) is 0 Å². The Hall–Kier alpha value is -3.58. The summed E-state index contributed by atoms with van der Waals surface area (Å²) in [5.74, 6) is -4.65. The van der Waals surface area contributed by atoms with Gasteiger partial charge in [0, 0.05) is 6.07 Å². The maximum Gasteiger partial charge on any atom is 0.335 e. The van der Waals surface area contributed by atoms with Crippen LogP contribution < -0.4 is 9.47 Å². The number of fused-ring (bicyclic) bond motifs is 1. The van der Waals surface area contributed by atoms with Gasteiger partial charge in [-0.1, -0.05) is 12.1 Å². The second-order valence-corrected chi connectivity index (χ2v) is 7.62. The van der Waals surface area contributed by atoms with E-state index < -0.39 is 65.8 Å². The number of hydrogen-bond donors (Lipinski definition) is 7. The van der Waals surface area contributed by atoms with Crippen LogP contribution in [-0.4, -0.2) is 78.2 Å². The number of carboxylic acids is 1. The molecule has 2 aliphatic rings. The highest BCUT2D eigenvalue weighted by molar-refractivity contribution is 6.03. The summed E-state index contributed by atoms with van der Waals surface area (Å²) in [5.41, 5.74) is 0.244. The number of carbonyl (C=O) groups excluding carboxylic acids is 1. The van der Waals surface area contributed by atoms with E-state index >= 15 is 0 Å². The highest BCUT2D eigenvalue weighted by Gasteiger charge is 2.48. The molecule has 0 amide bonds. The number of aromatic hydroxyl groups is 3. The molecular weight excluding hydrogens is 444 g/mol. The van der Waals surface area contributed by atoms with E-state index in [9.17, 15) is 40.2 Å². The Balaban J connectivity index is 1.65. The number of aliphatic hydroxyl groups is 3. The zero-order valence-corrected chi connectivity index (χ0v) is 16.7. The zero-order valence-electron chi connectivity index (χ0n) is 16.7. The van der Waals surface area contributed by atoms with Crippen molar-refractivity contribution in [3.63, 3.8) is 0 Å². The van der Waals surface area contributed by atoms with Crippen LogP contribution in [0.25, 0.3) is 0 Å². The molecule has 0 radical (unpaired) electrons. The predicted molar refractivity (Wildman–Crippen MR) is 105 cm³/mol. The molecule has 0 spiro atoms. The minimum Gasteiger partial charge on any atom is -0.508 e. The lowest BCUT2D eigenvalue weighted by Crippen LogP contribution is -2.61. The summed E-state index contributed by atoms with van der Waals surface area (Å²) in [6, 6.07) is 6.93. The molecule has 12 nitrogen and oxygen atoms in total. The summed E-state index contributed by atoms with van der Waals surface area (Å²) < 4.78 is 16.1. The van der Waals surface area contributed by atoms with Crippen LogP contribution in [-0.2, 0) is 9.53 Å². The third-order valence-electron chi connectivity index (χ3n) is 5.44. The minimum atomic E-state index is -1.95. The fourth-order valence-corrected chi connectivity index (χ4v) is 3.68. The smallest absolute Gasteiger partial charge is 0.335 e. The summed E-state index contributed by atoms with van der Waals surface area (Å²) in [4.78, 5) is 23.9. The lowest BCUT2D eigenvalue weighted by Gasteiger charge is -2.38. The van der Waals surface area contributed by atoms with Crippen molar-refractivity contribution in [2.75, 3.05) is 0 Å². The maximum atomic E-state index is 12.6. The first-order valence-electron chi connectivity index (χ1n) is 9.75. The van der Waals surface area contributed by atoms with E-state index in [1.54, 1.807) is 12.1 Å². The number of carbonyl (C=O) groups is 2. The molecule has 12 heteroatoms. The maximum absolute atomic E-state index is 12.6. The highest BCUT2D eigenvalue weighted by Crippen LogP contribution is 2.48. The van der Waals surface area contributed by atoms with Gasteiger partial charge in [-0.2, -0.15) is 0 Å². The van der Waals surface area contributed by atoms with Gasteiger partial charge in [0.05, 0.1) is 6.42 Å². The zero-order chi connectivity index (χ0) is 24.0. The van der Waals surface area contributed by atoms with Crippen molar-refractivity contribution in [1.29, 1.82) is 0 Å². The van der Waals surface area contributed by atoms with Gasteiger partial charge in [0.25, 0.3) is 0 Å². The first-order valence-corrected chi connectivity index (χ1v) is 9.75. The number of benzene rings is 2. The van der Waals surface area contributed by atoms with E-state index in [2.05, 4.69) is 0 Å². The van der Waals surface area contributed by atoms with Crippen molar-refractivity contribution < 1.29 is 59.5 Å². The number of phenols is 3. The molecule has 33 heavy (non-hydrogen) atoms. The van der Waals surface area contributed by atoms with Crippen LogP contribution in [0, 0.1) is 0 Å². The van der Waals surface area contributed by atoms with Crippen molar-refractivity contribution in [3.05, 3.63) is 41.5 Å². The Kier molecular flexibility index (Phi) is 5.76. The summed E-state index contributed by atoms with van der Waals surface area (Å²) >= 11 is 0. The van der Waals surface area contributed by atoms with Gasteiger partial charge in [-0.25, -0.2) is 4.79 Å². The van der Waals surface area contributed by atoms with Gasteiger partial charge in [0.2, 0.25) is 12.0 Å². The van der Waals surface area contributed by atoms with Gasteiger partial charge in [0.1, 0.15) is 41.5 Å². The van der Waals surface area contributed by atoms with E-state index in [-0.39, 0.29) is 23.5 Å². The molecule has 2 aromatic rings. The van der Waals surface area contributed by atoms with Crippen LogP contribution in [0.5, 0.6) is 28.7 Å². The monoisotopic (exact) mass is 464 g/mol. The molecule has 7 N–H and O–H groups in total. The van der Waals surface area contributed by atoms with E-state index in [1.807, 2.05) is 0 Å². The number of aliphatic carboxylic acids is 1. The molecule has 6 atom stereocenters. The normalized spacial score (nSPS) is 29.1. The molecule has 2 heterocycles. The van der Waals surface area contributed by atoms with Gasteiger partial charge in [0.15, 0.2) is 23.4 Å². The van der Waals surface area contributed by atoms with Crippen molar-refractivity contribution in [3.8, 4) is 28.7 Å². The van der Waals surface area contributed by atoms with Gasteiger partial charge in [-0.15, -0.1) is 0 Å². The van der Waals surface area contributed by atoms with Crippen molar-refractivity contribution in [2.45, 2.75) is 43.2 Å². The number of carboxylic acid groups (broad SMARTS) is 1. The van der Waals surface area contributed by atoms with Crippen LogP contribution in [0.15, 0.2) is 30.3 Å². The summed E-state index contributed by atoms with van der Waals surface area (Å²) in [6.07, 6.45) is -10.6. The molecule has 0 unspecified atom stereocenters. The fraction of sp³-hybridized carbons (Fsp3) is 0.333. The number of phenolic OH excluding ortho intramolecular Hbond substituents is 3. The summed E-state index contributed by atoms with van der Waals surface area (Å²) in [6.45, 7) is 0. The minimum absolute atomic E-state index is 0.0116. The topological polar surface area (TPSA) is 203 Å². The second kappa shape index (κ2) is 8.41. The number of ketones is 1. The summed E-state index contributed by atoms with van der Waals surface area (Å²) in [7, 11) is 0. The molecule has 0 aliphatic carbocycles. The molecule has 2 aliphatic heterocycles. The van der Waals surface area contributed by atoms with Gasteiger partial charge in [-0.3, -0.25) is 4.79 Å². The van der Waals surface area contributed by atoms with Crippen molar-refractivity contribution in [1.82, 2.24) is 0 Å². The molecule has 4 rings (SSSR count). The van der Waals surface area contributed by atoms with E-state index in [1.165, 1.54) is 12.1 Å². The van der Waals surface area contributed by atoms with Gasteiger partial charge < -0.3 is 50.0 Å². The molecule has 1 saturated heterocycles. The first-order chi connectivity index (χ1) is 15.6. The number of aliphatic hydroxyl groups excluding tert-OH is 3. The van der Waals surface area contributed by atoms with Crippen LogP contribution in [0.2, 0.25) is 0 Å². The molecular formula is C21H20O12. The second-order valence-electron chi connectivity index (χ2n) is 7.62. The lowest BCUT2D eigenvalue weighted by atomic mass is 9.95. The average molecular weight is 464 g/mol. The summed E-state index contributed by atoms with van der Waals surface area (Å²) in [5, 5.41) is 69.1. The number of Topliss-reactive ketones (excluding diaryl/α,β-unsaturated/α-hetero) is 1.